The van der Waals surface area contributed by atoms with Crippen LogP contribution in [0.15, 0.2) is 79.1 Å². The molecule has 4 aromatic rings. The Hall–Kier alpha value is -4.63. The molecule has 0 saturated carbocycles. The van der Waals surface area contributed by atoms with Crippen molar-refractivity contribution in [1.29, 1.82) is 0 Å². The summed E-state index contributed by atoms with van der Waals surface area (Å²) < 4.78 is 18.4. The number of para-hydroxylation sites is 1. The number of carbonyl (C=O) groups is 2. The highest BCUT2D eigenvalue weighted by atomic mass is 35.5. The normalized spacial score (nSPS) is 13.2. The summed E-state index contributed by atoms with van der Waals surface area (Å²) in [5, 5.41) is 7.78. The van der Waals surface area contributed by atoms with Crippen molar-refractivity contribution < 1.29 is 23.8 Å². The van der Waals surface area contributed by atoms with Gasteiger partial charge in [-0.2, -0.15) is 5.10 Å². The van der Waals surface area contributed by atoms with Crippen molar-refractivity contribution in [3.05, 3.63) is 89.7 Å². The average Bonchev–Trinajstić information content (AvgIpc) is 3.37. The Morgan fingerprint density at radius 3 is 2.63 bits per heavy atom. The minimum Gasteiger partial charge on any atom is -0.486 e. The SMILES string of the molecule is CC(OC(=O)C=Cc1cn(-c2ccccc2)nc1-c1ccc2c(c1)OCCO2)C(=O)Nc1ccc(Cl)cn1. The second kappa shape index (κ2) is 11.2. The fourth-order valence-electron chi connectivity index (χ4n) is 3.74. The van der Waals surface area contributed by atoms with E-state index >= 15 is 0 Å². The molecule has 3 heterocycles. The second-order valence-corrected chi connectivity index (χ2v) is 8.77. The minimum atomic E-state index is -1.05. The lowest BCUT2D eigenvalue weighted by Gasteiger charge is -2.18. The van der Waals surface area contributed by atoms with Crippen LogP contribution in [0, 0.1) is 0 Å². The first-order valence-electron chi connectivity index (χ1n) is 11.8. The van der Waals surface area contributed by atoms with E-state index in [-0.39, 0.29) is 0 Å². The molecule has 0 bridgehead atoms. The van der Waals surface area contributed by atoms with Gasteiger partial charge in [-0.05, 0) is 55.5 Å². The van der Waals surface area contributed by atoms with Crippen molar-refractivity contribution in [2.75, 3.05) is 18.5 Å². The molecule has 0 fully saturated rings. The Kier molecular flexibility index (Phi) is 7.37. The van der Waals surface area contributed by atoms with Crippen molar-refractivity contribution >= 4 is 35.4 Å². The highest BCUT2D eigenvalue weighted by Gasteiger charge is 2.19. The third-order valence-electron chi connectivity index (χ3n) is 5.62. The molecular weight excluding hydrogens is 508 g/mol. The van der Waals surface area contributed by atoms with Gasteiger partial charge in [0.2, 0.25) is 0 Å². The number of ether oxygens (including phenoxy) is 3. The summed E-state index contributed by atoms with van der Waals surface area (Å²) in [7, 11) is 0. The molecule has 1 N–H and O–H groups in total. The lowest BCUT2D eigenvalue weighted by Crippen LogP contribution is -2.29. The molecule has 5 rings (SSSR count). The predicted molar refractivity (Wildman–Crippen MR) is 142 cm³/mol. The third kappa shape index (κ3) is 5.84. The van der Waals surface area contributed by atoms with Gasteiger partial charge in [0.1, 0.15) is 24.7 Å². The molecule has 1 atom stereocenters. The van der Waals surface area contributed by atoms with Gasteiger partial charge < -0.3 is 19.5 Å². The number of nitrogens with zero attached hydrogens (tertiary/aromatic N) is 3. The molecule has 10 heteroatoms. The summed E-state index contributed by atoms with van der Waals surface area (Å²) in [5.74, 6) is 0.402. The Morgan fingerprint density at radius 2 is 1.87 bits per heavy atom. The van der Waals surface area contributed by atoms with Gasteiger partial charge in [0.25, 0.3) is 5.91 Å². The van der Waals surface area contributed by atoms with Gasteiger partial charge in [-0.25, -0.2) is 14.5 Å². The fourth-order valence-corrected chi connectivity index (χ4v) is 3.85. The van der Waals surface area contributed by atoms with Crippen LogP contribution in [0.5, 0.6) is 11.5 Å². The Balaban J connectivity index is 1.35. The number of esters is 1. The number of nitrogens with one attached hydrogen (secondary N) is 1. The topological polar surface area (TPSA) is 105 Å². The Bertz CT molecular complexity index is 1490. The molecule has 0 aliphatic carbocycles. The number of amides is 1. The van der Waals surface area contributed by atoms with Crippen LogP contribution in [0.25, 0.3) is 23.0 Å². The summed E-state index contributed by atoms with van der Waals surface area (Å²) in [5.41, 5.74) is 2.95. The molecule has 192 valence electrons. The van der Waals surface area contributed by atoms with E-state index in [1.165, 1.54) is 19.2 Å². The number of pyridine rings is 1. The lowest BCUT2D eigenvalue weighted by atomic mass is 10.1. The molecule has 1 aliphatic heterocycles. The zero-order valence-electron chi connectivity index (χ0n) is 20.3. The summed E-state index contributed by atoms with van der Waals surface area (Å²) >= 11 is 5.81. The van der Waals surface area contributed by atoms with E-state index in [1.54, 1.807) is 22.9 Å². The van der Waals surface area contributed by atoms with E-state index in [2.05, 4.69) is 10.3 Å². The maximum Gasteiger partial charge on any atom is 0.331 e. The number of hydrogen-bond donors (Lipinski definition) is 1. The van der Waals surface area contributed by atoms with Gasteiger partial charge in [-0.1, -0.05) is 29.8 Å². The molecule has 9 nitrogen and oxygen atoms in total. The number of rotatable bonds is 7. The molecule has 0 spiro atoms. The van der Waals surface area contributed by atoms with Gasteiger partial charge in [0.05, 0.1) is 10.7 Å². The van der Waals surface area contributed by atoms with E-state index in [0.29, 0.717) is 46.8 Å². The molecule has 1 unspecified atom stereocenters. The van der Waals surface area contributed by atoms with E-state index in [0.717, 1.165) is 11.3 Å². The fraction of sp³-hybridized carbons (Fsp3) is 0.143. The van der Waals surface area contributed by atoms with Crippen LogP contribution in [-0.2, 0) is 14.3 Å². The monoisotopic (exact) mass is 530 g/mol. The first kappa shape index (κ1) is 25.0. The smallest absolute Gasteiger partial charge is 0.331 e. The quantitative estimate of drug-likeness (QED) is 0.266. The number of benzene rings is 2. The Morgan fingerprint density at radius 1 is 1.08 bits per heavy atom. The molecule has 0 radical (unpaired) electrons. The number of carbonyl (C=O) groups excluding carboxylic acids is 2. The van der Waals surface area contributed by atoms with Gasteiger partial charge >= 0.3 is 5.97 Å². The first-order valence-corrected chi connectivity index (χ1v) is 12.2. The number of anilines is 1. The number of aromatic nitrogens is 3. The van der Waals surface area contributed by atoms with Gasteiger partial charge in [0.15, 0.2) is 17.6 Å². The number of hydrogen-bond acceptors (Lipinski definition) is 7. The zero-order valence-corrected chi connectivity index (χ0v) is 21.1. The predicted octanol–water partition coefficient (Wildman–Crippen LogP) is 4.94. The van der Waals surface area contributed by atoms with Gasteiger partial charge in [0, 0.05) is 29.6 Å². The van der Waals surface area contributed by atoms with Gasteiger partial charge in [-0.3, -0.25) is 4.79 Å². The number of halogens is 1. The summed E-state index contributed by atoms with van der Waals surface area (Å²) in [6, 6.07) is 18.3. The molecule has 38 heavy (non-hydrogen) atoms. The van der Waals surface area contributed by atoms with Crippen LogP contribution >= 0.6 is 11.6 Å². The molecule has 0 saturated heterocycles. The van der Waals surface area contributed by atoms with Crippen LogP contribution in [0.2, 0.25) is 5.02 Å². The maximum atomic E-state index is 12.6. The van der Waals surface area contributed by atoms with Gasteiger partial charge in [-0.15, -0.1) is 0 Å². The molecule has 1 aliphatic rings. The van der Waals surface area contributed by atoms with Crippen LogP contribution in [0.4, 0.5) is 5.82 Å². The highest BCUT2D eigenvalue weighted by Crippen LogP contribution is 2.35. The van der Waals surface area contributed by atoms with E-state index < -0.39 is 18.0 Å². The summed E-state index contributed by atoms with van der Waals surface area (Å²) in [6.45, 7) is 2.44. The molecule has 2 aromatic carbocycles. The summed E-state index contributed by atoms with van der Waals surface area (Å²) in [6.07, 6.45) is 5.04. The Labute approximate surface area is 223 Å². The van der Waals surface area contributed by atoms with Crippen molar-refractivity contribution in [2.24, 2.45) is 0 Å². The highest BCUT2D eigenvalue weighted by molar-refractivity contribution is 6.30. The van der Waals surface area contributed by atoms with Crippen LogP contribution in [0.3, 0.4) is 0 Å². The minimum absolute atomic E-state index is 0.301. The largest absolute Gasteiger partial charge is 0.486 e. The van der Waals surface area contributed by atoms with E-state index in [9.17, 15) is 9.59 Å². The van der Waals surface area contributed by atoms with Crippen molar-refractivity contribution in [1.82, 2.24) is 14.8 Å². The van der Waals surface area contributed by atoms with Crippen LogP contribution in [-0.4, -0.2) is 46.0 Å². The molecule has 2 aromatic heterocycles. The average molecular weight is 531 g/mol. The van der Waals surface area contributed by atoms with E-state index in [1.807, 2.05) is 54.7 Å². The molecular formula is C28H23ClN4O5. The third-order valence-corrected chi connectivity index (χ3v) is 5.84. The van der Waals surface area contributed by atoms with Crippen molar-refractivity contribution in [2.45, 2.75) is 13.0 Å². The van der Waals surface area contributed by atoms with Crippen molar-refractivity contribution in [3.63, 3.8) is 0 Å². The second-order valence-electron chi connectivity index (χ2n) is 8.33. The van der Waals surface area contributed by atoms with Crippen molar-refractivity contribution in [3.8, 4) is 28.4 Å². The first-order chi connectivity index (χ1) is 18.5. The van der Waals surface area contributed by atoms with E-state index in [4.69, 9.17) is 30.9 Å². The van der Waals surface area contributed by atoms with Crippen LogP contribution in [0.1, 0.15) is 12.5 Å². The maximum absolute atomic E-state index is 12.6. The molecule has 1 amide bonds. The summed E-state index contributed by atoms with van der Waals surface area (Å²) in [4.78, 5) is 29.0. The van der Waals surface area contributed by atoms with Crippen LogP contribution < -0.4 is 14.8 Å². The lowest BCUT2D eigenvalue weighted by molar-refractivity contribution is -0.148. The number of fused-ring (bicyclic) bond motifs is 1. The standard InChI is InChI=1S/C28H23ClN4O5/c1-18(28(35)31-25-11-9-21(29)16-30-25)38-26(34)12-8-20-17-33(22-5-3-2-4-6-22)32-27(20)19-7-10-23-24(15-19)37-14-13-36-23/h2-12,15-18H,13-14H2,1H3,(H,30,31,35). The zero-order chi connectivity index (χ0) is 26.5.